The Morgan fingerprint density at radius 2 is 1.90 bits per heavy atom. The minimum atomic E-state index is -0.941. The molecule has 0 radical (unpaired) electrons. The van der Waals surface area contributed by atoms with E-state index in [1.54, 1.807) is 19.1 Å². The molecule has 0 atom stereocenters. The number of nitrogens with one attached hydrogen (secondary N) is 1. The van der Waals surface area contributed by atoms with Crippen LogP contribution in [0, 0.1) is 6.92 Å². The highest BCUT2D eigenvalue weighted by molar-refractivity contribution is 5.91. The van der Waals surface area contributed by atoms with Gasteiger partial charge in [0, 0.05) is 12.1 Å². The van der Waals surface area contributed by atoms with E-state index in [1.807, 2.05) is 54.6 Å². The van der Waals surface area contributed by atoms with Crippen LogP contribution in [0.1, 0.15) is 32.9 Å². The van der Waals surface area contributed by atoms with Gasteiger partial charge in [-0.3, -0.25) is 0 Å². The van der Waals surface area contributed by atoms with E-state index in [2.05, 4.69) is 10.3 Å². The van der Waals surface area contributed by atoms with E-state index in [0.29, 0.717) is 35.9 Å². The van der Waals surface area contributed by atoms with Crippen LogP contribution in [0.3, 0.4) is 0 Å². The highest BCUT2D eigenvalue weighted by Gasteiger charge is 2.13. The lowest BCUT2D eigenvalue weighted by molar-refractivity contribution is 0.0693. The van der Waals surface area contributed by atoms with Gasteiger partial charge in [-0.2, -0.15) is 0 Å². The van der Waals surface area contributed by atoms with Crippen LogP contribution in [-0.4, -0.2) is 16.1 Å². The lowest BCUT2D eigenvalue weighted by Gasteiger charge is -2.12. The minimum absolute atomic E-state index is 0.198. The summed E-state index contributed by atoms with van der Waals surface area (Å²) in [7, 11) is 0. The number of aromatic carboxylic acids is 1. The van der Waals surface area contributed by atoms with Crippen molar-refractivity contribution in [3.8, 4) is 5.75 Å². The van der Waals surface area contributed by atoms with Crippen molar-refractivity contribution in [1.29, 1.82) is 0 Å². The number of nitrogens with zero attached hydrogens (tertiary/aromatic N) is 1. The normalized spacial score (nSPS) is 11.0. The molecule has 0 bridgehead atoms. The second-order valence-corrected chi connectivity index (χ2v) is 7.03. The maximum Gasteiger partial charge on any atom is 0.336 e. The van der Waals surface area contributed by atoms with E-state index < -0.39 is 5.97 Å². The number of oxazole rings is 1. The first-order valence-electron chi connectivity index (χ1n) is 9.69. The first-order chi connectivity index (χ1) is 14.6. The van der Waals surface area contributed by atoms with Crippen LogP contribution in [0.15, 0.2) is 71.1 Å². The quantitative estimate of drug-likeness (QED) is 0.444. The van der Waals surface area contributed by atoms with Crippen LogP contribution in [-0.2, 0) is 19.7 Å². The molecule has 0 aliphatic rings. The van der Waals surface area contributed by atoms with Crippen molar-refractivity contribution < 1.29 is 19.1 Å². The number of aromatic nitrogens is 1. The number of carboxylic acids is 1. The maximum atomic E-state index is 11.5. The van der Waals surface area contributed by atoms with Crippen LogP contribution in [0.2, 0.25) is 0 Å². The molecule has 0 aliphatic carbocycles. The second-order valence-electron chi connectivity index (χ2n) is 7.03. The van der Waals surface area contributed by atoms with E-state index in [0.717, 1.165) is 22.2 Å². The van der Waals surface area contributed by atoms with Crippen molar-refractivity contribution in [2.45, 2.75) is 26.6 Å². The molecule has 4 rings (SSSR count). The highest BCUT2D eigenvalue weighted by Crippen LogP contribution is 2.19. The molecule has 3 aromatic carbocycles. The Hall–Kier alpha value is -3.64. The van der Waals surface area contributed by atoms with Crippen molar-refractivity contribution in [2.24, 2.45) is 0 Å². The zero-order valence-corrected chi connectivity index (χ0v) is 16.6. The van der Waals surface area contributed by atoms with Crippen LogP contribution >= 0.6 is 0 Å². The monoisotopic (exact) mass is 402 g/mol. The van der Waals surface area contributed by atoms with Crippen LogP contribution in [0.5, 0.6) is 5.75 Å². The van der Waals surface area contributed by atoms with Crippen LogP contribution < -0.4 is 10.1 Å². The van der Waals surface area contributed by atoms with Gasteiger partial charge >= 0.3 is 5.97 Å². The number of carbonyl (C=O) groups is 1. The molecule has 0 spiro atoms. The first kappa shape index (κ1) is 19.7. The van der Waals surface area contributed by atoms with Gasteiger partial charge < -0.3 is 19.6 Å². The number of hydrogen-bond acceptors (Lipinski definition) is 5. The first-order valence-corrected chi connectivity index (χ1v) is 9.69. The van der Waals surface area contributed by atoms with Gasteiger partial charge in [-0.15, -0.1) is 0 Å². The molecule has 2 N–H and O–H groups in total. The molecule has 0 saturated heterocycles. The average molecular weight is 402 g/mol. The summed E-state index contributed by atoms with van der Waals surface area (Å²) in [5, 5.41) is 12.8. The molecule has 0 saturated carbocycles. The second kappa shape index (κ2) is 8.80. The molecule has 0 unspecified atom stereocenters. The standard InChI is InChI=1S/C24H22N2O4/c1-16-6-4-8-18(23(16)24(27)28)15-29-19-9-5-7-17(12-19)13-25-14-22-26-20-10-2-3-11-21(20)30-22/h2-12,25H,13-15H2,1H3,(H,27,28). The molecule has 0 aliphatic heterocycles. The molecular formula is C24H22N2O4. The molecule has 152 valence electrons. The summed E-state index contributed by atoms with van der Waals surface area (Å²) in [6, 6.07) is 20.8. The Balaban J connectivity index is 1.36. The Morgan fingerprint density at radius 1 is 1.07 bits per heavy atom. The third-order valence-corrected chi connectivity index (χ3v) is 4.81. The number of para-hydroxylation sites is 2. The molecule has 1 aromatic heterocycles. The Morgan fingerprint density at radius 3 is 2.73 bits per heavy atom. The molecule has 1 heterocycles. The molecule has 30 heavy (non-hydrogen) atoms. The number of rotatable bonds is 8. The Bertz CT molecular complexity index is 1150. The predicted molar refractivity (Wildman–Crippen MR) is 113 cm³/mol. The van der Waals surface area contributed by atoms with Crippen molar-refractivity contribution >= 4 is 17.1 Å². The summed E-state index contributed by atoms with van der Waals surface area (Å²) in [5.41, 5.74) is 4.35. The van der Waals surface area contributed by atoms with E-state index >= 15 is 0 Å². The van der Waals surface area contributed by atoms with Gasteiger partial charge in [0.1, 0.15) is 17.9 Å². The van der Waals surface area contributed by atoms with Gasteiger partial charge in [0.2, 0.25) is 5.89 Å². The molecule has 6 heteroatoms. The highest BCUT2D eigenvalue weighted by atomic mass is 16.5. The van der Waals surface area contributed by atoms with E-state index in [9.17, 15) is 9.90 Å². The van der Waals surface area contributed by atoms with Crippen molar-refractivity contribution in [3.63, 3.8) is 0 Å². The van der Waals surface area contributed by atoms with Gasteiger partial charge in [-0.1, -0.05) is 42.5 Å². The number of aryl methyl sites for hydroxylation is 1. The number of ether oxygens (including phenoxy) is 1. The third kappa shape index (κ3) is 4.50. The summed E-state index contributed by atoms with van der Waals surface area (Å²) < 4.78 is 11.6. The molecule has 4 aromatic rings. The van der Waals surface area contributed by atoms with E-state index in [1.165, 1.54) is 0 Å². The van der Waals surface area contributed by atoms with Crippen LogP contribution in [0.4, 0.5) is 0 Å². The van der Waals surface area contributed by atoms with Gasteiger partial charge in [-0.25, -0.2) is 9.78 Å². The summed E-state index contributed by atoms with van der Waals surface area (Å²) in [6.07, 6.45) is 0. The summed E-state index contributed by atoms with van der Waals surface area (Å²) in [5.74, 6) is 0.391. The summed E-state index contributed by atoms with van der Waals surface area (Å²) >= 11 is 0. The van der Waals surface area contributed by atoms with Crippen LogP contribution in [0.25, 0.3) is 11.1 Å². The van der Waals surface area contributed by atoms with E-state index in [-0.39, 0.29) is 6.61 Å². The fourth-order valence-corrected chi connectivity index (χ4v) is 3.37. The van der Waals surface area contributed by atoms with Gasteiger partial charge in [0.05, 0.1) is 12.1 Å². The van der Waals surface area contributed by atoms with Gasteiger partial charge in [0.25, 0.3) is 0 Å². The zero-order chi connectivity index (χ0) is 20.9. The van der Waals surface area contributed by atoms with Crippen molar-refractivity contribution in [3.05, 3.63) is 94.9 Å². The topological polar surface area (TPSA) is 84.6 Å². The summed E-state index contributed by atoms with van der Waals surface area (Å²) in [6.45, 7) is 3.13. The minimum Gasteiger partial charge on any atom is -0.489 e. The fraction of sp³-hybridized carbons (Fsp3) is 0.167. The summed E-state index contributed by atoms with van der Waals surface area (Å²) in [4.78, 5) is 16.0. The molecule has 6 nitrogen and oxygen atoms in total. The average Bonchev–Trinajstić information content (AvgIpc) is 3.15. The maximum absolute atomic E-state index is 11.5. The predicted octanol–water partition coefficient (Wildman–Crippen LogP) is 4.70. The Kier molecular flexibility index (Phi) is 5.77. The number of carboxylic acid groups (broad SMARTS) is 1. The smallest absolute Gasteiger partial charge is 0.336 e. The van der Waals surface area contributed by atoms with E-state index in [4.69, 9.17) is 9.15 Å². The lowest BCUT2D eigenvalue weighted by Crippen LogP contribution is -2.13. The number of benzene rings is 3. The number of fused-ring (bicyclic) bond motifs is 1. The molecular weight excluding hydrogens is 380 g/mol. The third-order valence-electron chi connectivity index (χ3n) is 4.81. The van der Waals surface area contributed by atoms with Crippen molar-refractivity contribution in [2.75, 3.05) is 0 Å². The number of hydrogen-bond donors (Lipinski definition) is 2. The lowest BCUT2D eigenvalue weighted by atomic mass is 10.0. The van der Waals surface area contributed by atoms with Gasteiger partial charge in [-0.05, 0) is 42.3 Å². The Labute approximate surface area is 174 Å². The SMILES string of the molecule is Cc1cccc(COc2cccc(CNCc3nc4ccccc4o3)c2)c1C(=O)O. The molecule has 0 amide bonds. The van der Waals surface area contributed by atoms with Gasteiger partial charge in [0.15, 0.2) is 5.58 Å². The fourth-order valence-electron chi connectivity index (χ4n) is 3.37. The van der Waals surface area contributed by atoms with Crippen molar-refractivity contribution in [1.82, 2.24) is 10.3 Å². The zero-order valence-electron chi connectivity index (χ0n) is 16.6. The molecule has 0 fully saturated rings. The largest absolute Gasteiger partial charge is 0.489 e.